The van der Waals surface area contributed by atoms with Crippen molar-refractivity contribution in [1.82, 2.24) is 0 Å². The van der Waals surface area contributed by atoms with Crippen LogP contribution in [0.1, 0.15) is 10.4 Å². The van der Waals surface area contributed by atoms with Gasteiger partial charge >= 0.3 is 0 Å². The summed E-state index contributed by atoms with van der Waals surface area (Å²) in [5.74, 6) is -0.574. The van der Waals surface area contributed by atoms with E-state index in [-0.39, 0.29) is 16.8 Å². The van der Waals surface area contributed by atoms with Crippen LogP contribution in [0.5, 0.6) is 0 Å². The molecule has 0 aromatic heterocycles. The molecule has 0 saturated carbocycles. The summed E-state index contributed by atoms with van der Waals surface area (Å²) in [6, 6.07) is 16.1. The number of nitro groups is 1. The molecule has 0 unspecified atom stereocenters. The van der Waals surface area contributed by atoms with Crippen LogP contribution in [0, 0.1) is 21.4 Å². The molecule has 6 nitrogen and oxygen atoms in total. The summed E-state index contributed by atoms with van der Waals surface area (Å²) < 4.78 is 0. The van der Waals surface area contributed by atoms with Crippen LogP contribution in [0.25, 0.3) is 0 Å². The fourth-order valence-electron chi connectivity index (χ4n) is 1.75. The van der Waals surface area contributed by atoms with E-state index in [4.69, 9.17) is 5.26 Å². The lowest BCUT2D eigenvalue weighted by molar-refractivity contribution is -0.384. The molecule has 0 aliphatic carbocycles. The Kier molecular flexibility index (Phi) is 4.63. The van der Waals surface area contributed by atoms with Crippen molar-refractivity contribution in [2.75, 3.05) is 5.32 Å². The standard InChI is InChI=1S/C16H11N3O3/c17-10-13(11-18-14-6-2-1-3-7-14)16(20)12-5-4-8-15(9-12)19(21)22/h1-9,11,18H/b13-11+. The van der Waals surface area contributed by atoms with Gasteiger partial charge in [-0.25, -0.2) is 0 Å². The van der Waals surface area contributed by atoms with Crippen LogP contribution < -0.4 is 5.32 Å². The fourth-order valence-corrected chi connectivity index (χ4v) is 1.75. The number of carbonyl (C=O) groups excluding carboxylic acids is 1. The number of carbonyl (C=O) groups is 1. The molecular formula is C16H11N3O3. The van der Waals surface area contributed by atoms with Crippen LogP contribution in [0.2, 0.25) is 0 Å². The van der Waals surface area contributed by atoms with Crippen LogP contribution >= 0.6 is 0 Å². The third kappa shape index (κ3) is 3.55. The van der Waals surface area contributed by atoms with E-state index < -0.39 is 10.7 Å². The topological polar surface area (TPSA) is 96.0 Å². The van der Waals surface area contributed by atoms with Crippen LogP contribution in [0.15, 0.2) is 66.4 Å². The Morgan fingerprint density at radius 3 is 2.55 bits per heavy atom. The second-order valence-corrected chi connectivity index (χ2v) is 4.32. The van der Waals surface area contributed by atoms with Gasteiger partial charge in [0.2, 0.25) is 5.78 Å². The molecule has 22 heavy (non-hydrogen) atoms. The highest BCUT2D eigenvalue weighted by molar-refractivity contribution is 6.11. The summed E-state index contributed by atoms with van der Waals surface area (Å²) in [6.07, 6.45) is 1.29. The lowest BCUT2D eigenvalue weighted by atomic mass is 10.0. The van der Waals surface area contributed by atoms with Crippen molar-refractivity contribution < 1.29 is 9.72 Å². The summed E-state index contributed by atoms with van der Waals surface area (Å²) in [4.78, 5) is 22.4. The number of hydrogen-bond donors (Lipinski definition) is 1. The second kappa shape index (κ2) is 6.81. The molecule has 2 aromatic rings. The Morgan fingerprint density at radius 1 is 1.18 bits per heavy atom. The number of benzene rings is 2. The predicted molar refractivity (Wildman–Crippen MR) is 81.2 cm³/mol. The molecule has 2 rings (SSSR count). The lowest BCUT2D eigenvalue weighted by Gasteiger charge is -2.02. The van der Waals surface area contributed by atoms with E-state index in [2.05, 4.69) is 5.32 Å². The van der Waals surface area contributed by atoms with Crippen LogP contribution in [0.4, 0.5) is 11.4 Å². The molecule has 0 atom stereocenters. The summed E-state index contributed by atoms with van der Waals surface area (Å²) >= 11 is 0. The Balaban J connectivity index is 2.24. The number of nitrogens with one attached hydrogen (secondary N) is 1. The summed E-state index contributed by atoms with van der Waals surface area (Å²) in [6.45, 7) is 0. The van der Waals surface area contributed by atoms with Crippen molar-refractivity contribution in [3.8, 4) is 6.07 Å². The minimum atomic E-state index is -0.589. The molecule has 0 heterocycles. The number of hydrogen-bond acceptors (Lipinski definition) is 5. The Hall–Kier alpha value is -3.46. The van der Waals surface area contributed by atoms with Gasteiger partial charge in [-0.05, 0) is 12.1 Å². The van der Waals surface area contributed by atoms with Gasteiger partial charge in [-0.3, -0.25) is 14.9 Å². The number of allylic oxidation sites excluding steroid dienone is 1. The van der Waals surface area contributed by atoms with E-state index in [0.29, 0.717) is 0 Å². The minimum absolute atomic E-state index is 0.0943. The van der Waals surface area contributed by atoms with E-state index in [1.807, 2.05) is 18.2 Å². The first-order valence-electron chi connectivity index (χ1n) is 6.33. The summed E-state index contributed by atoms with van der Waals surface area (Å²) in [5, 5.41) is 22.7. The van der Waals surface area contributed by atoms with E-state index in [9.17, 15) is 14.9 Å². The molecule has 0 fully saturated rings. The van der Waals surface area contributed by atoms with Gasteiger partial charge in [-0.2, -0.15) is 5.26 Å². The van der Waals surface area contributed by atoms with Crippen molar-refractivity contribution in [3.05, 3.63) is 82.0 Å². The van der Waals surface area contributed by atoms with Gasteiger partial charge in [0.05, 0.1) is 4.92 Å². The highest BCUT2D eigenvalue weighted by Crippen LogP contribution is 2.16. The maximum absolute atomic E-state index is 12.2. The summed E-state index contributed by atoms with van der Waals surface area (Å²) in [7, 11) is 0. The first kappa shape index (κ1) is 14.9. The largest absolute Gasteiger partial charge is 0.360 e. The number of nitrogens with zero attached hydrogens (tertiary/aromatic N) is 2. The number of para-hydroxylation sites is 1. The number of Topliss-reactive ketones (excluding diaryl/α,β-unsaturated/α-hetero) is 1. The van der Waals surface area contributed by atoms with Crippen molar-refractivity contribution in [1.29, 1.82) is 5.26 Å². The first-order chi connectivity index (χ1) is 10.6. The minimum Gasteiger partial charge on any atom is -0.360 e. The third-order valence-electron chi connectivity index (χ3n) is 2.84. The Bertz CT molecular complexity index is 777. The molecule has 0 spiro atoms. The molecular weight excluding hydrogens is 282 g/mol. The molecule has 0 saturated heterocycles. The van der Waals surface area contributed by atoms with Gasteiger partial charge in [0.25, 0.3) is 5.69 Å². The molecule has 0 bridgehead atoms. The van der Waals surface area contributed by atoms with Gasteiger partial charge in [-0.1, -0.05) is 30.3 Å². The van der Waals surface area contributed by atoms with Crippen molar-refractivity contribution in [2.45, 2.75) is 0 Å². The maximum atomic E-state index is 12.2. The van der Waals surface area contributed by atoms with E-state index >= 15 is 0 Å². The quantitative estimate of drug-likeness (QED) is 0.300. The number of ketones is 1. The average Bonchev–Trinajstić information content (AvgIpc) is 2.56. The third-order valence-corrected chi connectivity index (χ3v) is 2.84. The smallest absolute Gasteiger partial charge is 0.270 e. The average molecular weight is 293 g/mol. The second-order valence-electron chi connectivity index (χ2n) is 4.32. The zero-order valence-corrected chi connectivity index (χ0v) is 11.4. The number of rotatable bonds is 5. The molecule has 0 radical (unpaired) electrons. The maximum Gasteiger partial charge on any atom is 0.270 e. The Labute approximate surface area is 126 Å². The van der Waals surface area contributed by atoms with Crippen molar-refractivity contribution >= 4 is 17.2 Å². The number of nitro benzene ring substituents is 1. The highest BCUT2D eigenvalue weighted by Gasteiger charge is 2.15. The SMILES string of the molecule is N#C/C(=C\Nc1ccccc1)C(=O)c1cccc([N+](=O)[O-])c1. The van der Waals surface area contributed by atoms with Crippen molar-refractivity contribution in [2.24, 2.45) is 0 Å². The zero-order valence-electron chi connectivity index (χ0n) is 11.4. The molecule has 0 aliphatic rings. The highest BCUT2D eigenvalue weighted by atomic mass is 16.6. The number of non-ortho nitro benzene ring substituents is 1. The fraction of sp³-hybridized carbons (Fsp3) is 0. The monoisotopic (exact) mass is 293 g/mol. The van der Waals surface area contributed by atoms with Crippen LogP contribution in [0.3, 0.4) is 0 Å². The molecule has 1 N–H and O–H groups in total. The lowest BCUT2D eigenvalue weighted by Crippen LogP contribution is -2.05. The van der Waals surface area contributed by atoms with Gasteiger partial charge in [0.1, 0.15) is 11.6 Å². The van der Waals surface area contributed by atoms with E-state index in [1.165, 1.54) is 24.4 Å². The van der Waals surface area contributed by atoms with Gasteiger partial charge in [0, 0.05) is 29.6 Å². The van der Waals surface area contributed by atoms with Gasteiger partial charge < -0.3 is 5.32 Å². The first-order valence-corrected chi connectivity index (χ1v) is 6.33. The predicted octanol–water partition coefficient (Wildman–Crippen LogP) is 3.30. The molecule has 0 amide bonds. The summed E-state index contributed by atoms with van der Waals surface area (Å²) in [5.41, 5.74) is 0.488. The molecule has 0 aliphatic heterocycles. The number of anilines is 1. The number of nitriles is 1. The zero-order chi connectivity index (χ0) is 15.9. The van der Waals surface area contributed by atoms with Crippen molar-refractivity contribution in [3.63, 3.8) is 0 Å². The molecule has 108 valence electrons. The van der Waals surface area contributed by atoms with Gasteiger partial charge in [-0.15, -0.1) is 0 Å². The van der Waals surface area contributed by atoms with Crippen LogP contribution in [-0.2, 0) is 0 Å². The molecule has 2 aromatic carbocycles. The Morgan fingerprint density at radius 2 is 1.91 bits per heavy atom. The van der Waals surface area contributed by atoms with E-state index in [0.717, 1.165) is 11.8 Å². The molecule has 6 heteroatoms. The van der Waals surface area contributed by atoms with Gasteiger partial charge in [0.15, 0.2) is 0 Å². The van der Waals surface area contributed by atoms with Crippen LogP contribution in [-0.4, -0.2) is 10.7 Å². The van der Waals surface area contributed by atoms with E-state index in [1.54, 1.807) is 18.2 Å². The normalized spacial score (nSPS) is 10.6.